The molecule has 1 atom stereocenters. The molecule has 18 heavy (non-hydrogen) atoms. The lowest BCUT2D eigenvalue weighted by atomic mass is 10.0. The zero-order valence-corrected chi connectivity index (χ0v) is 10.4. The molecule has 0 amide bonds. The predicted molar refractivity (Wildman–Crippen MR) is 65.2 cm³/mol. The lowest BCUT2D eigenvalue weighted by Gasteiger charge is -2.20. The predicted octanol–water partition coefficient (Wildman–Crippen LogP) is 1.60. The first-order valence-electron chi connectivity index (χ1n) is 5.40. The van der Waals surface area contributed by atoms with Gasteiger partial charge >= 0.3 is 11.7 Å². The second-order valence-electron chi connectivity index (χ2n) is 4.04. The minimum absolute atomic E-state index is 0.0646. The van der Waals surface area contributed by atoms with Gasteiger partial charge in [0.1, 0.15) is 17.9 Å². The highest BCUT2D eigenvalue weighted by molar-refractivity contribution is 5.80. The van der Waals surface area contributed by atoms with E-state index in [0.717, 1.165) is 6.20 Å². The van der Waals surface area contributed by atoms with Gasteiger partial charge < -0.3 is 10.1 Å². The first-order chi connectivity index (χ1) is 8.47. The van der Waals surface area contributed by atoms with E-state index in [2.05, 4.69) is 15.0 Å². The number of nitro groups is 1. The molecule has 1 rings (SSSR count). The Morgan fingerprint density at radius 3 is 2.72 bits per heavy atom. The molecule has 0 saturated carbocycles. The van der Waals surface area contributed by atoms with E-state index in [-0.39, 0.29) is 17.3 Å². The van der Waals surface area contributed by atoms with Crippen LogP contribution < -0.4 is 5.32 Å². The highest BCUT2D eigenvalue weighted by atomic mass is 16.6. The maximum atomic E-state index is 11.6. The van der Waals surface area contributed by atoms with Crippen LogP contribution in [0.15, 0.2) is 18.5 Å². The summed E-state index contributed by atoms with van der Waals surface area (Å²) in [6.07, 6.45) is 2.56. The highest BCUT2D eigenvalue weighted by Crippen LogP contribution is 2.24. The quantitative estimate of drug-likeness (QED) is 0.486. The van der Waals surface area contributed by atoms with E-state index < -0.39 is 16.9 Å². The van der Waals surface area contributed by atoms with Crippen LogP contribution in [0.2, 0.25) is 0 Å². The van der Waals surface area contributed by atoms with Crippen LogP contribution in [0.25, 0.3) is 0 Å². The molecule has 0 bridgehead atoms. The fraction of sp³-hybridized carbons (Fsp3) is 0.455. The molecule has 98 valence electrons. The molecule has 0 aliphatic carbocycles. The van der Waals surface area contributed by atoms with Crippen LogP contribution in [0.4, 0.5) is 11.4 Å². The summed E-state index contributed by atoms with van der Waals surface area (Å²) in [5, 5.41) is 13.6. The van der Waals surface area contributed by atoms with Gasteiger partial charge in [0.05, 0.1) is 12.0 Å². The van der Waals surface area contributed by atoms with Crippen molar-refractivity contribution in [2.75, 3.05) is 12.4 Å². The molecule has 1 aromatic heterocycles. The van der Waals surface area contributed by atoms with Gasteiger partial charge in [-0.2, -0.15) is 0 Å². The van der Waals surface area contributed by atoms with Crippen LogP contribution in [0.3, 0.4) is 0 Å². The smallest absolute Gasteiger partial charge is 0.328 e. The number of nitrogens with zero attached hydrogens (tertiary/aromatic N) is 2. The van der Waals surface area contributed by atoms with Gasteiger partial charge in [-0.15, -0.1) is 0 Å². The van der Waals surface area contributed by atoms with Gasteiger partial charge in [0, 0.05) is 6.20 Å². The van der Waals surface area contributed by atoms with Crippen molar-refractivity contribution in [3.05, 3.63) is 28.6 Å². The Labute approximate surface area is 104 Å². The third-order valence-corrected chi connectivity index (χ3v) is 2.43. The highest BCUT2D eigenvalue weighted by Gasteiger charge is 2.25. The van der Waals surface area contributed by atoms with E-state index in [1.165, 1.54) is 19.4 Å². The Bertz CT molecular complexity index is 448. The standard InChI is InChI=1S/C11H15N3O4/c1-7(2)10(11(15)18-3)13-8-4-5-12-6-9(8)14(16)17/h4-7,10H,1-3H3,(H,12,13). The third-order valence-electron chi connectivity index (χ3n) is 2.43. The van der Waals surface area contributed by atoms with Gasteiger partial charge in [0.15, 0.2) is 0 Å². The molecule has 7 nitrogen and oxygen atoms in total. The van der Waals surface area contributed by atoms with Gasteiger partial charge in [-0.1, -0.05) is 13.8 Å². The summed E-state index contributed by atoms with van der Waals surface area (Å²) >= 11 is 0. The fourth-order valence-electron chi connectivity index (χ4n) is 1.45. The number of carbonyl (C=O) groups excluding carboxylic acids is 1. The third kappa shape index (κ3) is 3.16. The first-order valence-corrected chi connectivity index (χ1v) is 5.40. The zero-order valence-electron chi connectivity index (χ0n) is 10.4. The SMILES string of the molecule is COC(=O)C(Nc1ccncc1[N+](=O)[O-])C(C)C. The van der Waals surface area contributed by atoms with E-state index >= 15 is 0 Å². The summed E-state index contributed by atoms with van der Waals surface area (Å²) in [6.45, 7) is 3.64. The van der Waals surface area contributed by atoms with Crippen molar-refractivity contribution >= 4 is 17.3 Å². The molecule has 0 spiro atoms. The molecule has 0 fully saturated rings. The van der Waals surface area contributed by atoms with Crippen molar-refractivity contribution in [1.29, 1.82) is 0 Å². The maximum absolute atomic E-state index is 11.6. The number of hydrogen-bond acceptors (Lipinski definition) is 6. The molecule has 7 heteroatoms. The number of pyridine rings is 1. The van der Waals surface area contributed by atoms with Crippen molar-refractivity contribution in [3.63, 3.8) is 0 Å². The van der Waals surface area contributed by atoms with Crippen LogP contribution in [0.1, 0.15) is 13.8 Å². The van der Waals surface area contributed by atoms with E-state index in [1.54, 1.807) is 0 Å². The summed E-state index contributed by atoms with van der Waals surface area (Å²) < 4.78 is 4.66. The molecule has 1 N–H and O–H groups in total. The summed E-state index contributed by atoms with van der Waals surface area (Å²) in [4.78, 5) is 25.5. The largest absolute Gasteiger partial charge is 0.467 e. The average molecular weight is 253 g/mol. The van der Waals surface area contributed by atoms with Crippen LogP contribution in [0.5, 0.6) is 0 Å². The first kappa shape index (κ1) is 13.9. The minimum Gasteiger partial charge on any atom is -0.467 e. The number of hydrogen-bond donors (Lipinski definition) is 1. The molecule has 1 aromatic rings. The molecule has 0 saturated heterocycles. The monoisotopic (exact) mass is 253 g/mol. The Hall–Kier alpha value is -2.18. The van der Waals surface area contributed by atoms with Crippen LogP contribution in [0, 0.1) is 16.0 Å². The lowest BCUT2D eigenvalue weighted by Crippen LogP contribution is -2.35. The molecule has 0 aliphatic heterocycles. The van der Waals surface area contributed by atoms with Crippen LogP contribution in [-0.2, 0) is 9.53 Å². The number of anilines is 1. The van der Waals surface area contributed by atoms with Crippen molar-refractivity contribution < 1.29 is 14.5 Å². The lowest BCUT2D eigenvalue weighted by molar-refractivity contribution is -0.384. The second kappa shape index (κ2) is 5.95. The zero-order chi connectivity index (χ0) is 13.7. The molecule has 0 aromatic carbocycles. The Morgan fingerprint density at radius 1 is 1.56 bits per heavy atom. The summed E-state index contributed by atoms with van der Waals surface area (Å²) in [5.74, 6) is -0.527. The number of aromatic nitrogens is 1. The second-order valence-corrected chi connectivity index (χ2v) is 4.04. The van der Waals surface area contributed by atoms with Gasteiger partial charge in [0.2, 0.25) is 0 Å². The number of carbonyl (C=O) groups is 1. The summed E-state index contributed by atoms with van der Waals surface area (Å²) in [6, 6.07) is 0.812. The molecule has 1 heterocycles. The number of nitrogens with one attached hydrogen (secondary N) is 1. The normalized spacial score (nSPS) is 12.0. The van der Waals surface area contributed by atoms with Gasteiger partial charge in [-0.3, -0.25) is 15.1 Å². The molecular formula is C11H15N3O4. The number of ether oxygens (including phenoxy) is 1. The molecule has 0 aliphatic rings. The van der Waals surface area contributed by atoms with E-state index in [4.69, 9.17) is 0 Å². The number of esters is 1. The summed E-state index contributed by atoms with van der Waals surface area (Å²) in [5.41, 5.74) is 0.0751. The average Bonchev–Trinajstić information content (AvgIpc) is 2.34. The Balaban J connectivity index is 3.01. The maximum Gasteiger partial charge on any atom is 0.328 e. The van der Waals surface area contributed by atoms with Crippen molar-refractivity contribution in [3.8, 4) is 0 Å². The summed E-state index contributed by atoms with van der Waals surface area (Å²) in [7, 11) is 1.28. The van der Waals surface area contributed by atoms with Gasteiger partial charge in [-0.05, 0) is 12.0 Å². The fourth-order valence-corrected chi connectivity index (χ4v) is 1.45. The topological polar surface area (TPSA) is 94.4 Å². The van der Waals surface area contributed by atoms with E-state index in [9.17, 15) is 14.9 Å². The molecule has 0 radical (unpaired) electrons. The minimum atomic E-state index is -0.643. The van der Waals surface area contributed by atoms with Crippen LogP contribution in [-0.4, -0.2) is 29.0 Å². The van der Waals surface area contributed by atoms with E-state index in [0.29, 0.717) is 0 Å². The Kier molecular flexibility index (Phi) is 4.59. The molecule has 1 unspecified atom stereocenters. The molecular weight excluding hydrogens is 238 g/mol. The van der Waals surface area contributed by atoms with Crippen molar-refractivity contribution in [2.24, 2.45) is 5.92 Å². The van der Waals surface area contributed by atoms with Gasteiger partial charge in [-0.25, -0.2) is 4.79 Å². The number of rotatable bonds is 5. The van der Waals surface area contributed by atoms with Crippen molar-refractivity contribution in [2.45, 2.75) is 19.9 Å². The Morgan fingerprint density at radius 2 is 2.22 bits per heavy atom. The number of methoxy groups -OCH3 is 1. The van der Waals surface area contributed by atoms with Crippen molar-refractivity contribution in [1.82, 2.24) is 4.98 Å². The van der Waals surface area contributed by atoms with Gasteiger partial charge in [0.25, 0.3) is 0 Å². The van der Waals surface area contributed by atoms with Crippen LogP contribution >= 0.6 is 0 Å². The van der Waals surface area contributed by atoms with E-state index in [1.807, 2.05) is 13.8 Å².